The van der Waals surface area contributed by atoms with E-state index < -0.39 is 23.9 Å². The second-order valence-electron chi connectivity index (χ2n) is 11.8. The van der Waals surface area contributed by atoms with Gasteiger partial charge in [-0.3, -0.25) is 9.59 Å². The summed E-state index contributed by atoms with van der Waals surface area (Å²) in [4.78, 5) is 29.8. The molecule has 222 valence electrons. The molecule has 4 heterocycles. The molecule has 2 aromatic carbocycles. The highest BCUT2D eigenvalue weighted by Crippen LogP contribution is 2.60. The Hall–Kier alpha value is -4.38. The summed E-state index contributed by atoms with van der Waals surface area (Å²) in [6.45, 7) is 0. The lowest BCUT2D eigenvalue weighted by molar-refractivity contribution is -0.141. The molecule has 0 unspecified atom stereocenters. The number of fused-ring (bicyclic) bond motifs is 4. The standard InChI is InChI=1S/C32H22ClF4N5O2/c33-19-4-6-26(41-14-28(39-40-41)32(35,36)37)21(11-19)18-9-27-23-12-24(23)30(42(27)29(44)10-18)25-13-22(31(34)38-25)17-2-1-16-8-20(43)5-3-15(16)7-17/h1-2,4,6-7,9-11,14,23-24,30H,3,5,8,12-13H2/t23-,24+,30+/m1/s1. The summed E-state index contributed by atoms with van der Waals surface area (Å²) in [7, 11) is 0. The minimum absolute atomic E-state index is 0.0783. The summed E-state index contributed by atoms with van der Waals surface area (Å²) in [6.07, 6.45) is -1.26. The molecule has 0 radical (unpaired) electrons. The van der Waals surface area contributed by atoms with Gasteiger partial charge in [0.1, 0.15) is 5.78 Å². The quantitative estimate of drug-likeness (QED) is 0.189. The van der Waals surface area contributed by atoms with E-state index in [-0.39, 0.29) is 35.3 Å². The number of aromatic nitrogens is 4. The van der Waals surface area contributed by atoms with Crippen LogP contribution in [0.1, 0.15) is 59.3 Å². The molecule has 1 saturated carbocycles. The molecule has 8 rings (SSSR count). The van der Waals surface area contributed by atoms with Crippen LogP contribution in [-0.2, 0) is 23.8 Å². The topological polar surface area (TPSA) is 82.1 Å². The lowest BCUT2D eigenvalue weighted by Gasteiger charge is -2.20. The number of aryl methyl sites for hydroxylation is 1. The normalized spacial score (nSPS) is 22.2. The van der Waals surface area contributed by atoms with Gasteiger partial charge in [0.25, 0.3) is 5.56 Å². The lowest BCUT2D eigenvalue weighted by Crippen LogP contribution is -2.29. The number of pyridine rings is 1. The van der Waals surface area contributed by atoms with Crippen molar-refractivity contribution >= 4 is 28.7 Å². The van der Waals surface area contributed by atoms with E-state index in [1.165, 1.54) is 18.2 Å². The maximum atomic E-state index is 15.3. The number of hydrogen-bond acceptors (Lipinski definition) is 5. The Labute approximate surface area is 252 Å². The van der Waals surface area contributed by atoms with Crippen molar-refractivity contribution in [3.8, 4) is 16.8 Å². The minimum atomic E-state index is -4.66. The summed E-state index contributed by atoms with van der Waals surface area (Å²) in [5, 5.41) is 7.26. The number of nitrogens with zero attached hydrogens (tertiary/aromatic N) is 5. The molecule has 2 aliphatic carbocycles. The van der Waals surface area contributed by atoms with E-state index in [1.54, 1.807) is 10.6 Å². The Morgan fingerprint density at radius 3 is 2.57 bits per heavy atom. The van der Waals surface area contributed by atoms with Crippen LogP contribution in [0.25, 0.3) is 22.4 Å². The van der Waals surface area contributed by atoms with Gasteiger partial charge in [0.2, 0.25) is 5.95 Å². The van der Waals surface area contributed by atoms with Crippen LogP contribution in [0.5, 0.6) is 0 Å². The molecule has 44 heavy (non-hydrogen) atoms. The van der Waals surface area contributed by atoms with Crippen molar-refractivity contribution in [3.63, 3.8) is 0 Å². The van der Waals surface area contributed by atoms with Crippen molar-refractivity contribution in [2.75, 3.05) is 0 Å². The number of ketones is 1. The fourth-order valence-electron chi connectivity index (χ4n) is 6.95. The number of alkyl halides is 3. The number of allylic oxidation sites excluding steroid dienone is 1. The number of benzene rings is 2. The van der Waals surface area contributed by atoms with Crippen molar-refractivity contribution in [3.05, 3.63) is 104 Å². The van der Waals surface area contributed by atoms with Crippen molar-refractivity contribution in [1.82, 2.24) is 19.6 Å². The smallest absolute Gasteiger partial charge is 0.303 e. The van der Waals surface area contributed by atoms with Gasteiger partial charge in [-0.15, -0.1) is 5.10 Å². The first kappa shape index (κ1) is 27.2. The molecule has 0 N–H and O–H groups in total. The zero-order valence-corrected chi connectivity index (χ0v) is 23.7. The first-order valence-electron chi connectivity index (χ1n) is 14.2. The highest BCUT2D eigenvalue weighted by Gasteiger charge is 2.55. The van der Waals surface area contributed by atoms with Gasteiger partial charge in [-0.25, -0.2) is 9.67 Å². The van der Waals surface area contributed by atoms with Gasteiger partial charge in [-0.1, -0.05) is 35.0 Å². The molecule has 0 amide bonds. The van der Waals surface area contributed by atoms with E-state index in [0.717, 1.165) is 39.7 Å². The van der Waals surface area contributed by atoms with Gasteiger partial charge in [0.05, 0.1) is 17.9 Å². The van der Waals surface area contributed by atoms with E-state index in [1.807, 2.05) is 24.3 Å². The predicted octanol–water partition coefficient (Wildman–Crippen LogP) is 6.67. The third kappa shape index (κ3) is 4.36. The highest BCUT2D eigenvalue weighted by molar-refractivity contribution is 6.31. The maximum absolute atomic E-state index is 15.3. The average molecular weight is 620 g/mol. The van der Waals surface area contributed by atoms with Crippen LogP contribution in [0.15, 0.2) is 70.5 Å². The van der Waals surface area contributed by atoms with Crippen molar-refractivity contribution in [2.45, 2.75) is 50.2 Å². The van der Waals surface area contributed by atoms with Gasteiger partial charge in [0, 0.05) is 58.8 Å². The largest absolute Gasteiger partial charge is 0.436 e. The Balaban J connectivity index is 1.12. The van der Waals surface area contributed by atoms with Gasteiger partial charge >= 0.3 is 6.18 Å². The summed E-state index contributed by atoms with van der Waals surface area (Å²) in [5.74, 6) is -0.177. The van der Waals surface area contributed by atoms with E-state index >= 15 is 4.39 Å². The van der Waals surface area contributed by atoms with Crippen LogP contribution in [0.4, 0.5) is 17.6 Å². The molecule has 0 bridgehead atoms. The molecule has 2 aromatic heterocycles. The highest BCUT2D eigenvalue weighted by atomic mass is 35.5. The SMILES string of the molecule is O=C1CCc2cc(C3=C(F)N=C([C@@H]4[C@H]5C[C@H]5c5cc(-c6cc(Cl)ccc6-n6cc(C(F)(F)F)nn6)cc(=O)n54)C3)ccc2C1. The van der Waals surface area contributed by atoms with Gasteiger partial charge < -0.3 is 4.57 Å². The summed E-state index contributed by atoms with van der Waals surface area (Å²) < 4.78 is 57.7. The van der Waals surface area contributed by atoms with E-state index in [4.69, 9.17) is 11.6 Å². The average Bonchev–Trinajstić information content (AvgIpc) is 3.28. The molecule has 4 aromatic rings. The van der Waals surface area contributed by atoms with Crippen LogP contribution in [-0.4, -0.2) is 31.1 Å². The van der Waals surface area contributed by atoms with Crippen molar-refractivity contribution in [2.24, 2.45) is 10.9 Å². The lowest BCUT2D eigenvalue weighted by atomic mass is 9.87. The Kier molecular flexibility index (Phi) is 5.91. The van der Waals surface area contributed by atoms with Crippen LogP contribution < -0.4 is 5.56 Å². The van der Waals surface area contributed by atoms with Gasteiger partial charge in [0.15, 0.2) is 5.69 Å². The number of Topliss-reactive ketones (excluding diaryl/α,β-unsaturated/α-hetero) is 1. The molecule has 0 saturated heterocycles. The fraction of sp³-hybridized carbons (Fsp3) is 0.281. The Bertz CT molecular complexity index is 2040. The number of carbonyl (C=O) groups excluding carboxylic acids is 1. The zero-order valence-electron chi connectivity index (χ0n) is 22.9. The third-order valence-corrected chi connectivity index (χ3v) is 9.34. The monoisotopic (exact) mass is 619 g/mol. The summed E-state index contributed by atoms with van der Waals surface area (Å²) >= 11 is 6.28. The van der Waals surface area contributed by atoms with E-state index in [0.29, 0.717) is 46.7 Å². The minimum Gasteiger partial charge on any atom is -0.303 e. The van der Waals surface area contributed by atoms with Gasteiger partial charge in [-0.2, -0.15) is 17.6 Å². The fourth-order valence-corrected chi connectivity index (χ4v) is 7.13. The Morgan fingerprint density at radius 2 is 1.77 bits per heavy atom. The number of hydrogen-bond donors (Lipinski definition) is 0. The molecule has 4 aliphatic rings. The molecular weight excluding hydrogens is 598 g/mol. The van der Waals surface area contributed by atoms with Crippen LogP contribution in [0, 0.1) is 5.92 Å². The zero-order chi connectivity index (χ0) is 30.5. The maximum Gasteiger partial charge on any atom is 0.436 e. The number of aliphatic imine (C=N–C) groups is 1. The number of rotatable bonds is 4. The van der Waals surface area contributed by atoms with Gasteiger partial charge in [-0.05, 0) is 65.3 Å². The van der Waals surface area contributed by atoms with Crippen molar-refractivity contribution in [1.29, 1.82) is 0 Å². The van der Waals surface area contributed by atoms with Crippen molar-refractivity contribution < 1.29 is 22.4 Å². The van der Waals surface area contributed by atoms with Crippen LogP contribution in [0.2, 0.25) is 5.02 Å². The molecule has 12 heteroatoms. The number of halogens is 5. The van der Waals surface area contributed by atoms with Crippen LogP contribution in [0.3, 0.4) is 0 Å². The Morgan fingerprint density at radius 1 is 0.932 bits per heavy atom. The molecule has 0 spiro atoms. The first-order chi connectivity index (χ1) is 21.0. The van der Waals surface area contributed by atoms with E-state index in [2.05, 4.69) is 15.3 Å². The summed E-state index contributed by atoms with van der Waals surface area (Å²) in [6, 6.07) is 13.2. The second-order valence-corrected chi connectivity index (χ2v) is 12.2. The predicted molar refractivity (Wildman–Crippen MR) is 155 cm³/mol. The third-order valence-electron chi connectivity index (χ3n) is 9.11. The molecule has 7 nitrogen and oxygen atoms in total. The molecule has 2 aliphatic heterocycles. The summed E-state index contributed by atoms with van der Waals surface area (Å²) in [5.41, 5.74) is 4.36. The van der Waals surface area contributed by atoms with E-state index in [9.17, 15) is 22.8 Å². The second kappa shape index (κ2) is 9.56. The van der Waals surface area contributed by atoms with Crippen LogP contribution >= 0.6 is 11.6 Å². The number of carbonyl (C=O) groups is 1. The molecular formula is C32H22ClF4N5O2. The molecule has 3 atom stereocenters. The molecule has 1 fully saturated rings. The first-order valence-corrected chi connectivity index (χ1v) is 14.6.